The first-order valence-electron chi connectivity index (χ1n) is 4.86. The lowest BCUT2D eigenvalue weighted by molar-refractivity contribution is 1.20. The van der Waals surface area contributed by atoms with Crippen LogP contribution >= 0.6 is 0 Å². The number of hydrogen-bond acceptors (Lipinski definition) is 1. The van der Waals surface area contributed by atoms with Gasteiger partial charge in [-0.1, -0.05) is 24.3 Å². The summed E-state index contributed by atoms with van der Waals surface area (Å²) < 4.78 is 0. The molecule has 2 heterocycles. The molecule has 2 nitrogen and oxygen atoms in total. The van der Waals surface area contributed by atoms with Crippen LogP contribution in [0.2, 0.25) is 0 Å². The standard InChI is InChI=1S/C13H9N2/c1-2-4-12-10(3-1)5-6-13(15-12)11-7-8-14-9-11/h1-9H. The van der Waals surface area contributed by atoms with E-state index in [4.69, 9.17) is 0 Å². The normalized spacial score (nSPS) is 14.0. The highest BCUT2D eigenvalue weighted by Crippen LogP contribution is 2.19. The van der Waals surface area contributed by atoms with Crippen LogP contribution in [0.25, 0.3) is 16.5 Å². The molecular weight excluding hydrogens is 184 g/mol. The van der Waals surface area contributed by atoms with Crippen molar-refractivity contribution in [1.82, 2.24) is 10.3 Å². The number of aromatic nitrogens is 1. The SMILES string of the molecule is C1=CC(c2ccc3ccccc3n2)=C[N]1. The minimum Gasteiger partial charge on any atom is -0.264 e. The van der Waals surface area contributed by atoms with Gasteiger partial charge in [-0.05, 0) is 18.2 Å². The predicted molar refractivity (Wildman–Crippen MR) is 61.0 cm³/mol. The molecule has 0 N–H and O–H groups in total. The van der Waals surface area contributed by atoms with E-state index in [9.17, 15) is 0 Å². The molecule has 1 radical (unpaired) electrons. The second-order valence-corrected chi connectivity index (χ2v) is 3.44. The van der Waals surface area contributed by atoms with Crippen LogP contribution in [-0.2, 0) is 0 Å². The number of allylic oxidation sites excluding steroid dienone is 2. The van der Waals surface area contributed by atoms with E-state index >= 15 is 0 Å². The number of para-hydroxylation sites is 1. The maximum Gasteiger partial charge on any atom is 0.0725 e. The summed E-state index contributed by atoms with van der Waals surface area (Å²) in [5.74, 6) is 0. The smallest absolute Gasteiger partial charge is 0.0725 e. The van der Waals surface area contributed by atoms with Crippen LogP contribution in [0.1, 0.15) is 5.69 Å². The number of nitrogens with zero attached hydrogens (tertiary/aromatic N) is 2. The van der Waals surface area contributed by atoms with Gasteiger partial charge in [0.25, 0.3) is 0 Å². The summed E-state index contributed by atoms with van der Waals surface area (Å²) in [5, 5.41) is 5.21. The Balaban J connectivity index is 2.17. The predicted octanol–water partition coefficient (Wildman–Crippen LogP) is 2.71. The Morgan fingerprint density at radius 3 is 2.73 bits per heavy atom. The van der Waals surface area contributed by atoms with Gasteiger partial charge in [0.05, 0.1) is 11.2 Å². The fraction of sp³-hybridized carbons (Fsp3) is 0. The van der Waals surface area contributed by atoms with E-state index in [1.54, 1.807) is 6.20 Å². The highest BCUT2D eigenvalue weighted by atomic mass is 14.8. The van der Waals surface area contributed by atoms with Crippen LogP contribution in [0.4, 0.5) is 0 Å². The van der Waals surface area contributed by atoms with E-state index in [2.05, 4.69) is 22.4 Å². The van der Waals surface area contributed by atoms with Crippen molar-refractivity contribution in [3.63, 3.8) is 0 Å². The van der Waals surface area contributed by atoms with Crippen LogP contribution in [-0.4, -0.2) is 4.98 Å². The number of rotatable bonds is 1. The molecule has 0 spiro atoms. The van der Waals surface area contributed by atoms with Gasteiger partial charge < -0.3 is 0 Å². The molecule has 0 saturated heterocycles. The second kappa shape index (κ2) is 3.24. The van der Waals surface area contributed by atoms with Gasteiger partial charge in [0, 0.05) is 23.4 Å². The molecule has 0 bridgehead atoms. The van der Waals surface area contributed by atoms with Crippen molar-refractivity contribution in [1.29, 1.82) is 0 Å². The molecule has 0 fully saturated rings. The highest BCUT2D eigenvalue weighted by Gasteiger charge is 2.04. The number of fused-ring (bicyclic) bond motifs is 1. The average Bonchev–Trinajstić information content (AvgIpc) is 2.82. The Bertz CT molecular complexity index is 568. The average molecular weight is 193 g/mol. The van der Waals surface area contributed by atoms with Crippen molar-refractivity contribution < 1.29 is 0 Å². The fourth-order valence-electron chi connectivity index (χ4n) is 1.67. The second-order valence-electron chi connectivity index (χ2n) is 3.44. The molecule has 1 aliphatic heterocycles. The van der Waals surface area contributed by atoms with Gasteiger partial charge in [-0.2, -0.15) is 0 Å². The van der Waals surface area contributed by atoms with Gasteiger partial charge in [-0.15, -0.1) is 0 Å². The van der Waals surface area contributed by atoms with Crippen LogP contribution in [0.5, 0.6) is 0 Å². The van der Waals surface area contributed by atoms with Crippen molar-refractivity contribution in [3.8, 4) is 0 Å². The molecule has 0 aliphatic carbocycles. The van der Waals surface area contributed by atoms with Gasteiger partial charge in [0.15, 0.2) is 0 Å². The van der Waals surface area contributed by atoms with Crippen molar-refractivity contribution in [2.75, 3.05) is 0 Å². The molecule has 2 heteroatoms. The van der Waals surface area contributed by atoms with E-state index in [0.717, 1.165) is 16.8 Å². The molecule has 71 valence electrons. The molecular formula is C13H9N2. The molecule has 1 aromatic carbocycles. The Hall–Kier alpha value is -2.09. The number of hydrogen-bond donors (Lipinski definition) is 0. The highest BCUT2D eigenvalue weighted by molar-refractivity contribution is 5.82. The van der Waals surface area contributed by atoms with E-state index in [-0.39, 0.29) is 0 Å². The summed E-state index contributed by atoms with van der Waals surface area (Å²) >= 11 is 0. The summed E-state index contributed by atoms with van der Waals surface area (Å²) in [5.41, 5.74) is 3.07. The molecule has 2 aromatic rings. The third kappa shape index (κ3) is 1.40. The third-order valence-electron chi connectivity index (χ3n) is 2.45. The number of benzene rings is 1. The fourth-order valence-corrected chi connectivity index (χ4v) is 1.67. The summed E-state index contributed by atoms with van der Waals surface area (Å²) in [4.78, 5) is 4.58. The monoisotopic (exact) mass is 193 g/mol. The lowest BCUT2D eigenvalue weighted by Gasteiger charge is -2.01. The van der Waals surface area contributed by atoms with E-state index in [1.807, 2.05) is 36.5 Å². The van der Waals surface area contributed by atoms with Gasteiger partial charge in [0.1, 0.15) is 0 Å². The van der Waals surface area contributed by atoms with Crippen LogP contribution in [0.15, 0.2) is 54.9 Å². The summed E-state index contributed by atoms with van der Waals surface area (Å²) in [6.45, 7) is 0. The molecule has 1 aliphatic rings. The molecule has 1 aromatic heterocycles. The van der Waals surface area contributed by atoms with Crippen molar-refractivity contribution >= 4 is 16.5 Å². The molecule has 0 saturated carbocycles. The number of pyridine rings is 1. The van der Waals surface area contributed by atoms with E-state index in [0.29, 0.717) is 0 Å². The van der Waals surface area contributed by atoms with E-state index in [1.165, 1.54) is 5.39 Å². The zero-order valence-corrected chi connectivity index (χ0v) is 8.09. The van der Waals surface area contributed by atoms with Crippen LogP contribution < -0.4 is 5.32 Å². The van der Waals surface area contributed by atoms with Gasteiger partial charge in [0.2, 0.25) is 0 Å². The maximum absolute atomic E-state index is 4.58. The molecule has 15 heavy (non-hydrogen) atoms. The van der Waals surface area contributed by atoms with Crippen LogP contribution in [0, 0.1) is 0 Å². The maximum atomic E-state index is 4.58. The van der Waals surface area contributed by atoms with Crippen LogP contribution in [0.3, 0.4) is 0 Å². The first-order chi connectivity index (χ1) is 7.43. The lowest BCUT2D eigenvalue weighted by Crippen LogP contribution is -1.87. The van der Waals surface area contributed by atoms with E-state index < -0.39 is 0 Å². The molecule has 0 amide bonds. The minimum atomic E-state index is 0.978. The molecule has 3 rings (SSSR count). The summed E-state index contributed by atoms with van der Waals surface area (Å²) in [7, 11) is 0. The first kappa shape index (κ1) is 8.24. The Labute approximate surface area is 88.0 Å². The topological polar surface area (TPSA) is 27.0 Å². The molecule has 0 unspecified atom stereocenters. The van der Waals surface area contributed by atoms with Gasteiger partial charge >= 0.3 is 0 Å². The molecule has 0 atom stereocenters. The third-order valence-corrected chi connectivity index (χ3v) is 2.45. The quantitative estimate of drug-likeness (QED) is 0.684. The first-order valence-corrected chi connectivity index (χ1v) is 4.86. The van der Waals surface area contributed by atoms with Crippen molar-refractivity contribution in [2.24, 2.45) is 0 Å². The Kier molecular flexibility index (Phi) is 1.78. The summed E-state index contributed by atoms with van der Waals surface area (Å²) in [6, 6.07) is 12.2. The van der Waals surface area contributed by atoms with Gasteiger partial charge in [-0.3, -0.25) is 5.32 Å². The van der Waals surface area contributed by atoms with Crippen molar-refractivity contribution in [3.05, 3.63) is 60.6 Å². The Morgan fingerprint density at radius 2 is 1.87 bits per heavy atom. The Morgan fingerprint density at radius 1 is 0.933 bits per heavy atom. The largest absolute Gasteiger partial charge is 0.264 e. The minimum absolute atomic E-state index is 0.978. The summed E-state index contributed by atoms with van der Waals surface area (Å²) in [6.07, 6.45) is 5.58. The zero-order chi connectivity index (χ0) is 10.1. The lowest BCUT2D eigenvalue weighted by atomic mass is 10.1. The zero-order valence-electron chi connectivity index (χ0n) is 8.09. The van der Waals surface area contributed by atoms with Gasteiger partial charge in [-0.25, -0.2) is 4.98 Å². The van der Waals surface area contributed by atoms with Crippen molar-refractivity contribution in [2.45, 2.75) is 0 Å².